The van der Waals surface area contributed by atoms with Gasteiger partial charge in [-0.05, 0) is 24.9 Å². The molecule has 2 rings (SSSR count). The SMILES string of the molecule is CCC(C)Nc1cc(-c2ccccc2)nc(Cl)n1. The molecule has 1 N–H and O–H groups in total. The predicted octanol–water partition coefficient (Wildman–Crippen LogP) is 4.01. The lowest BCUT2D eigenvalue weighted by atomic mass is 10.1. The minimum atomic E-state index is 0.266. The Morgan fingerprint density at radius 2 is 1.94 bits per heavy atom. The van der Waals surface area contributed by atoms with Gasteiger partial charge in [-0.25, -0.2) is 9.97 Å². The highest BCUT2D eigenvalue weighted by atomic mass is 35.5. The van der Waals surface area contributed by atoms with Gasteiger partial charge in [-0.15, -0.1) is 0 Å². The molecular formula is C14H16ClN3. The lowest BCUT2D eigenvalue weighted by Crippen LogP contribution is -2.14. The summed E-state index contributed by atoms with van der Waals surface area (Å²) in [5, 5.41) is 3.57. The summed E-state index contributed by atoms with van der Waals surface area (Å²) in [6.07, 6.45) is 1.03. The van der Waals surface area contributed by atoms with Gasteiger partial charge < -0.3 is 5.32 Å². The summed E-state index contributed by atoms with van der Waals surface area (Å²) >= 11 is 5.96. The van der Waals surface area contributed by atoms with Gasteiger partial charge in [0.05, 0.1) is 5.69 Å². The van der Waals surface area contributed by atoms with Crippen LogP contribution in [0, 0.1) is 0 Å². The molecule has 0 bridgehead atoms. The number of nitrogens with zero attached hydrogens (tertiary/aromatic N) is 2. The largest absolute Gasteiger partial charge is 0.367 e. The average Bonchev–Trinajstić information content (AvgIpc) is 2.39. The molecule has 0 amide bonds. The lowest BCUT2D eigenvalue weighted by Gasteiger charge is -2.13. The summed E-state index contributed by atoms with van der Waals surface area (Å²) in [7, 11) is 0. The van der Waals surface area contributed by atoms with Gasteiger partial charge in [0, 0.05) is 17.7 Å². The standard InChI is InChI=1S/C14H16ClN3/c1-3-10(2)16-13-9-12(17-14(15)18-13)11-7-5-4-6-8-11/h4-10H,3H2,1-2H3,(H,16,17,18). The molecule has 1 atom stereocenters. The van der Waals surface area contributed by atoms with Crippen molar-refractivity contribution in [2.75, 3.05) is 5.32 Å². The third kappa shape index (κ3) is 3.20. The highest BCUT2D eigenvalue weighted by Crippen LogP contribution is 2.21. The van der Waals surface area contributed by atoms with Gasteiger partial charge in [0.25, 0.3) is 0 Å². The minimum absolute atomic E-state index is 0.266. The van der Waals surface area contributed by atoms with E-state index in [-0.39, 0.29) is 5.28 Å². The molecule has 0 saturated carbocycles. The molecule has 2 aromatic rings. The van der Waals surface area contributed by atoms with E-state index in [9.17, 15) is 0 Å². The van der Waals surface area contributed by atoms with Crippen LogP contribution in [-0.4, -0.2) is 16.0 Å². The molecule has 1 unspecified atom stereocenters. The number of benzene rings is 1. The van der Waals surface area contributed by atoms with Crippen molar-refractivity contribution in [1.82, 2.24) is 9.97 Å². The van der Waals surface area contributed by atoms with E-state index < -0.39 is 0 Å². The summed E-state index contributed by atoms with van der Waals surface area (Å²) in [6, 6.07) is 12.2. The molecule has 1 aromatic heterocycles. The van der Waals surface area contributed by atoms with Crippen LogP contribution in [0.15, 0.2) is 36.4 Å². The highest BCUT2D eigenvalue weighted by molar-refractivity contribution is 6.28. The van der Waals surface area contributed by atoms with Gasteiger partial charge in [-0.1, -0.05) is 37.3 Å². The van der Waals surface area contributed by atoms with E-state index in [4.69, 9.17) is 11.6 Å². The normalized spacial score (nSPS) is 12.2. The minimum Gasteiger partial charge on any atom is -0.367 e. The maximum absolute atomic E-state index is 5.96. The Bertz CT molecular complexity index is 514. The Morgan fingerprint density at radius 3 is 2.61 bits per heavy atom. The molecule has 0 aliphatic carbocycles. The Kier molecular flexibility index (Phi) is 4.15. The van der Waals surface area contributed by atoms with Crippen molar-refractivity contribution >= 4 is 17.4 Å². The fourth-order valence-corrected chi connectivity index (χ4v) is 1.79. The summed E-state index contributed by atoms with van der Waals surface area (Å²) < 4.78 is 0. The molecule has 0 aliphatic rings. The van der Waals surface area contributed by atoms with Crippen LogP contribution in [0.2, 0.25) is 5.28 Å². The number of halogens is 1. The van der Waals surface area contributed by atoms with Crippen molar-refractivity contribution < 1.29 is 0 Å². The molecule has 0 aliphatic heterocycles. The number of rotatable bonds is 4. The summed E-state index contributed by atoms with van der Waals surface area (Å²) in [5.74, 6) is 0.767. The quantitative estimate of drug-likeness (QED) is 0.845. The zero-order chi connectivity index (χ0) is 13.0. The van der Waals surface area contributed by atoms with Crippen LogP contribution < -0.4 is 5.32 Å². The molecule has 0 radical (unpaired) electrons. The first-order chi connectivity index (χ1) is 8.69. The number of hydrogen-bond donors (Lipinski definition) is 1. The van der Waals surface area contributed by atoms with Crippen molar-refractivity contribution in [3.8, 4) is 11.3 Å². The van der Waals surface area contributed by atoms with E-state index in [2.05, 4.69) is 29.1 Å². The van der Waals surface area contributed by atoms with Crippen LogP contribution >= 0.6 is 11.6 Å². The van der Waals surface area contributed by atoms with Crippen LogP contribution in [0.5, 0.6) is 0 Å². The van der Waals surface area contributed by atoms with E-state index >= 15 is 0 Å². The predicted molar refractivity (Wildman–Crippen MR) is 75.9 cm³/mol. The summed E-state index contributed by atoms with van der Waals surface area (Å²) in [6.45, 7) is 4.23. The van der Waals surface area contributed by atoms with Crippen LogP contribution in [0.25, 0.3) is 11.3 Å². The van der Waals surface area contributed by atoms with Crippen molar-refractivity contribution in [3.63, 3.8) is 0 Å². The second kappa shape index (κ2) is 5.83. The topological polar surface area (TPSA) is 37.8 Å². The first-order valence-corrected chi connectivity index (χ1v) is 6.43. The Morgan fingerprint density at radius 1 is 1.22 bits per heavy atom. The number of anilines is 1. The Hall–Kier alpha value is -1.61. The van der Waals surface area contributed by atoms with Crippen molar-refractivity contribution in [3.05, 3.63) is 41.7 Å². The molecule has 0 saturated heterocycles. The molecule has 18 heavy (non-hydrogen) atoms. The molecule has 1 heterocycles. The number of aromatic nitrogens is 2. The van der Waals surface area contributed by atoms with Crippen LogP contribution in [0.1, 0.15) is 20.3 Å². The van der Waals surface area contributed by atoms with E-state index in [1.807, 2.05) is 36.4 Å². The second-order valence-corrected chi connectivity index (χ2v) is 4.57. The molecule has 0 spiro atoms. The number of hydrogen-bond acceptors (Lipinski definition) is 3. The molecule has 3 nitrogen and oxygen atoms in total. The zero-order valence-corrected chi connectivity index (χ0v) is 11.3. The Balaban J connectivity index is 2.32. The zero-order valence-electron chi connectivity index (χ0n) is 10.5. The fourth-order valence-electron chi connectivity index (χ4n) is 1.60. The maximum Gasteiger partial charge on any atom is 0.224 e. The first-order valence-electron chi connectivity index (χ1n) is 6.05. The van der Waals surface area contributed by atoms with Crippen LogP contribution in [0.3, 0.4) is 0 Å². The second-order valence-electron chi connectivity index (χ2n) is 4.23. The van der Waals surface area contributed by atoms with Crippen molar-refractivity contribution in [2.24, 2.45) is 0 Å². The van der Waals surface area contributed by atoms with Crippen LogP contribution in [0.4, 0.5) is 5.82 Å². The molecule has 4 heteroatoms. The third-order valence-electron chi connectivity index (χ3n) is 2.78. The van der Waals surface area contributed by atoms with E-state index in [1.54, 1.807) is 0 Å². The molecule has 0 fully saturated rings. The molecular weight excluding hydrogens is 246 g/mol. The van der Waals surface area contributed by atoms with Crippen molar-refractivity contribution in [1.29, 1.82) is 0 Å². The van der Waals surface area contributed by atoms with E-state index in [1.165, 1.54) is 0 Å². The van der Waals surface area contributed by atoms with Gasteiger partial charge in [-0.3, -0.25) is 0 Å². The smallest absolute Gasteiger partial charge is 0.224 e. The van der Waals surface area contributed by atoms with Gasteiger partial charge in [0.15, 0.2) is 0 Å². The molecule has 94 valence electrons. The number of nitrogens with one attached hydrogen (secondary N) is 1. The van der Waals surface area contributed by atoms with Gasteiger partial charge in [-0.2, -0.15) is 0 Å². The van der Waals surface area contributed by atoms with E-state index in [0.29, 0.717) is 6.04 Å². The third-order valence-corrected chi connectivity index (χ3v) is 2.94. The highest BCUT2D eigenvalue weighted by Gasteiger charge is 2.06. The van der Waals surface area contributed by atoms with Gasteiger partial charge in [0.1, 0.15) is 5.82 Å². The monoisotopic (exact) mass is 261 g/mol. The summed E-state index contributed by atoms with van der Waals surface area (Å²) in [4.78, 5) is 8.44. The van der Waals surface area contributed by atoms with Gasteiger partial charge in [0.2, 0.25) is 5.28 Å². The summed E-state index contributed by atoms with van der Waals surface area (Å²) in [5.41, 5.74) is 1.87. The lowest BCUT2D eigenvalue weighted by molar-refractivity contribution is 0.758. The van der Waals surface area contributed by atoms with Crippen molar-refractivity contribution in [2.45, 2.75) is 26.3 Å². The maximum atomic E-state index is 5.96. The van der Waals surface area contributed by atoms with Gasteiger partial charge >= 0.3 is 0 Å². The Labute approximate surface area is 112 Å². The van der Waals surface area contributed by atoms with E-state index in [0.717, 1.165) is 23.5 Å². The first kappa shape index (κ1) is 12.8. The molecule has 1 aromatic carbocycles. The fraction of sp³-hybridized carbons (Fsp3) is 0.286. The average molecular weight is 262 g/mol. The van der Waals surface area contributed by atoms with Crippen LogP contribution in [-0.2, 0) is 0 Å².